The molecule has 0 saturated heterocycles. The Morgan fingerprint density at radius 3 is 2.04 bits per heavy atom. The third-order valence-electron chi connectivity index (χ3n) is 5.90. The van der Waals surface area contributed by atoms with Gasteiger partial charge in [0.05, 0.1) is 11.5 Å². The van der Waals surface area contributed by atoms with E-state index in [0.29, 0.717) is 12.0 Å². The van der Waals surface area contributed by atoms with E-state index in [4.69, 9.17) is 0 Å². The molecule has 1 heterocycles. The van der Waals surface area contributed by atoms with E-state index in [1.54, 1.807) is 0 Å². The summed E-state index contributed by atoms with van der Waals surface area (Å²) in [7, 11) is 0. The second kappa shape index (κ2) is 7.58. The molecule has 2 aromatic carbocycles. The molecule has 3 aromatic rings. The average Bonchev–Trinajstić information content (AvgIpc) is 3.07. The molecule has 148 valence electrons. The van der Waals surface area contributed by atoms with Crippen molar-refractivity contribution in [2.24, 2.45) is 0 Å². The Morgan fingerprint density at radius 2 is 1.46 bits per heavy atom. The highest BCUT2D eigenvalue weighted by molar-refractivity contribution is 5.49. The van der Waals surface area contributed by atoms with Gasteiger partial charge in [0.1, 0.15) is 18.1 Å². The number of aryl methyl sites for hydroxylation is 2. The lowest BCUT2D eigenvalue weighted by Crippen LogP contribution is -2.46. The molecular weight excluding hydrogens is 340 g/mol. The van der Waals surface area contributed by atoms with E-state index in [1.807, 2.05) is 0 Å². The van der Waals surface area contributed by atoms with E-state index in [2.05, 4.69) is 119 Å². The van der Waals surface area contributed by atoms with Gasteiger partial charge in [0.25, 0.3) is 5.82 Å². The molecule has 0 atom stereocenters. The van der Waals surface area contributed by atoms with Gasteiger partial charge in [-0.3, -0.25) is 0 Å². The van der Waals surface area contributed by atoms with Gasteiger partial charge in [-0.25, -0.2) is 4.57 Å². The third-order valence-corrected chi connectivity index (χ3v) is 5.90. The zero-order valence-corrected chi connectivity index (χ0v) is 18.7. The van der Waals surface area contributed by atoms with Crippen molar-refractivity contribution in [3.63, 3.8) is 0 Å². The van der Waals surface area contributed by atoms with E-state index in [0.717, 1.165) is 0 Å². The summed E-state index contributed by atoms with van der Waals surface area (Å²) >= 11 is 0. The van der Waals surface area contributed by atoms with Crippen LogP contribution in [0.4, 0.5) is 0 Å². The van der Waals surface area contributed by atoms with Crippen molar-refractivity contribution < 1.29 is 4.57 Å². The summed E-state index contributed by atoms with van der Waals surface area (Å²) < 4.78 is 4.85. The predicted molar refractivity (Wildman–Crippen MR) is 118 cm³/mol. The fourth-order valence-electron chi connectivity index (χ4n) is 4.50. The van der Waals surface area contributed by atoms with Crippen molar-refractivity contribution in [1.82, 2.24) is 4.57 Å². The molecule has 0 aliphatic heterocycles. The lowest BCUT2D eigenvalue weighted by atomic mass is 9.78. The van der Waals surface area contributed by atoms with E-state index in [-0.39, 0.29) is 5.41 Å². The molecule has 2 nitrogen and oxygen atoms in total. The van der Waals surface area contributed by atoms with Gasteiger partial charge in [-0.05, 0) is 69.7 Å². The normalized spacial score (nSPS) is 12.2. The Kier molecular flexibility index (Phi) is 5.52. The zero-order chi connectivity index (χ0) is 20.6. The SMILES string of the molecule is Cc1cccc(C)c1-n1cc[n+](C(C)C)c1C(C)(C)c1ccccc1C(C)C. The second-order valence-electron chi connectivity index (χ2n) is 9.10. The molecule has 1 aromatic heterocycles. The highest BCUT2D eigenvalue weighted by Gasteiger charge is 2.39. The summed E-state index contributed by atoms with van der Waals surface area (Å²) in [6, 6.07) is 15.9. The van der Waals surface area contributed by atoms with Gasteiger partial charge in [-0.15, -0.1) is 0 Å². The first-order valence-corrected chi connectivity index (χ1v) is 10.4. The maximum absolute atomic E-state index is 2.43. The van der Waals surface area contributed by atoms with Crippen LogP contribution in [0.3, 0.4) is 0 Å². The van der Waals surface area contributed by atoms with Gasteiger partial charge >= 0.3 is 0 Å². The predicted octanol–water partition coefficient (Wildman–Crippen LogP) is 6.41. The van der Waals surface area contributed by atoms with Crippen LogP contribution in [0.15, 0.2) is 54.9 Å². The number of rotatable bonds is 5. The number of hydrogen-bond donors (Lipinski definition) is 0. The number of para-hydroxylation sites is 1. The fourth-order valence-corrected chi connectivity index (χ4v) is 4.50. The van der Waals surface area contributed by atoms with Crippen molar-refractivity contribution >= 4 is 0 Å². The molecule has 0 radical (unpaired) electrons. The molecule has 0 aliphatic carbocycles. The van der Waals surface area contributed by atoms with Crippen LogP contribution < -0.4 is 4.57 Å². The van der Waals surface area contributed by atoms with Gasteiger partial charge in [0.15, 0.2) is 0 Å². The smallest absolute Gasteiger partial charge is 0.231 e. The quantitative estimate of drug-likeness (QED) is 0.456. The maximum Gasteiger partial charge on any atom is 0.272 e. The zero-order valence-electron chi connectivity index (χ0n) is 18.7. The van der Waals surface area contributed by atoms with Crippen molar-refractivity contribution in [3.05, 3.63) is 82.9 Å². The highest BCUT2D eigenvalue weighted by atomic mass is 15.2. The summed E-state index contributed by atoms with van der Waals surface area (Å²) in [5, 5.41) is 0. The molecule has 3 rings (SSSR count). The molecule has 0 unspecified atom stereocenters. The van der Waals surface area contributed by atoms with Crippen LogP contribution in [0.25, 0.3) is 5.69 Å². The van der Waals surface area contributed by atoms with Gasteiger partial charge in [0, 0.05) is 0 Å². The number of nitrogens with zero attached hydrogens (tertiary/aromatic N) is 2. The summed E-state index contributed by atoms with van der Waals surface area (Å²) in [6.45, 7) is 18.3. The lowest BCUT2D eigenvalue weighted by molar-refractivity contribution is -0.725. The second-order valence-corrected chi connectivity index (χ2v) is 9.10. The minimum atomic E-state index is -0.136. The molecule has 28 heavy (non-hydrogen) atoms. The minimum Gasteiger partial charge on any atom is -0.231 e. The largest absolute Gasteiger partial charge is 0.272 e. The monoisotopic (exact) mass is 375 g/mol. The number of imidazole rings is 1. The number of benzene rings is 2. The molecule has 0 bridgehead atoms. The maximum atomic E-state index is 2.43. The third kappa shape index (κ3) is 3.41. The van der Waals surface area contributed by atoms with Gasteiger partial charge in [0.2, 0.25) is 0 Å². The first-order valence-electron chi connectivity index (χ1n) is 10.4. The van der Waals surface area contributed by atoms with E-state index in [9.17, 15) is 0 Å². The number of hydrogen-bond acceptors (Lipinski definition) is 0. The van der Waals surface area contributed by atoms with Crippen LogP contribution in [-0.2, 0) is 5.41 Å². The van der Waals surface area contributed by atoms with Gasteiger partial charge < -0.3 is 0 Å². The standard InChI is InChI=1S/C26H35N2/c1-18(2)22-14-9-10-15-23(22)26(7,8)25-27(19(3)4)16-17-28(25)24-20(5)12-11-13-21(24)6/h9-19H,1-8H3/q+1. The van der Waals surface area contributed by atoms with Crippen molar-refractivity contribution in [2.75, 3.05) is 0 Å². The van der Waals surface area contributed by atoms with Crippen molar-refractivity contribution in [2.45, 2.75) is 72.8 Å². The van der Waals surface area contributed by atoms with Crippen LogP contribution in [0.2, 0.25) is 0 Å². The first-order chi connectivity index (χ1) is 13.2. The number of aromatic nitrogens is 2. The topological polar surface area (TPSA) is 8.81 Å². The van der Waals surface area contributed by atoms with Gasteiger partial charge in [-0.1, -0.05) is 56.3 Å². The van der Waals surface area contributed by atoms with Crippen LogP contribution in [0, 0.1) is 13.8 Å². The average molecular weight is 376 g/mol. The molecule has 0 aliphatic rings. The van der Waals surface area contributed by atoms with Crippen LogP contribution in [0.5, 0.6) is 0 Å². The summed E-state index contributed by atoms with van der Waals surface area (Å²) in [5.41, 5.74) is 6.61. The van der Waals surface area contributed by atoms with Gasteiger partial charge in [-0.2, -0.15) is 4.57 Å². The Labute approximate surface area is 170 Å². The highest BCUT2D eigenvalue weighted by Crippen LogP contribution is 2.37. The Morgan fingerprint density at radius 1 is 0.857 bits per heavy atom. The molecule has 0 fully saturated rings. The van der Waals surface area contributed by atoms with Crippen molar-refractivity contribution in [1.29, 1.82) is 0 Å². The molecule has 0 amide bonds. The lowest BCUT2D eigenvalue weighted by Gasteiger charge is -2.28. The Bertz CT molecular complexity index is 954. The molecule has 0 saturated carbocycles. The van der Waals surface area contributed by atoms with Crippen LogP contribution in [-0.4, -0.2) is 4.57 Å². The Balaban J connectivity index is 2.34. The first kappa shape index (κ1) is 20.4. The van der Waals surface area contributed by atoms with E-state index < -0.39 is 0 Å². The fraction of sp³-hybridized carbons (Fsp3) is 0.423. The van der Waals surface area contributed by atoms with Crippen LogP contribution >= 0.6 is 0 Å². The minimum absolute atomic E-state index is 0.136. The molecule has 0 spiro atoms. The van der Waals surface area contributed by atoms with E-state index >= 15 is 0 Å². The summed E-state index contributed by atoms with van der Waals surface area (Å²) in [6.07, 6.45) is 4.48. The van der Waals surface area contributed by atoms with E-state index in [1.165, 1.54) is 33.8 Å². The summed E-state index contributed by atoms with van der Waals surface area (Å²) in [4.78, 5) is 0. The van der Waals surface area contributed by atoms with Crippen LogP contribution in [0.1, 0.15) is 81.6 Å². The molecule has 2 heteroatoms. The Hall–Kier alpha value is -2.35. The van der Waals surface area contributed by atoms with Crippen molar-refractivity contribution in [3.8, 4) is 5.69 Å². The molecule has 0 N–H and O–H groups in total. The molecular formula is C26H35N2+. The summed E-state index contributed by atoms with van der Waals surface area (Å²) in [5.74, 6) is 1.82.